The van der Waals surface area contributed by atoms with Crippen molar-refractivity contribution in [3.05, 3.63) is 64.5 Å². The van der Waals surface area contributed by atoms with Crippen molar-refractivity contribution in [2.75, 3.05) is 6.61 Å². The summed E-state index contributed by atoms with van der Waals surface area (Å²) in [5, 5.41) is 0. The number of hydrogen-bond acceptors (Lipinski definition) is 2. The highest BCUT2D eigenvalue weighted by Crippen LogP contribution is 2.41. The first-order valence-corrected chi connectivity index (χ1v) is 7.58. The molecule has 1 aliphatic heterocycles. The topological polar surface area (TPSA) is 31.2 Å². The first-order chi connectivity index (χ1) is 11.3. The van der Waals surface area contributed by atoms with Gasteiger partial charge in [0.25, 0.3) is 0 Å². The molecule has 0 radical (unpaired) electrons. The molecule has 1 aromatic heterocycles. The number of ether oxygens (including phenoxy) is 1. The molecule has 0 spiro atoms. The van der Waals surface area contributed by atoms with Crippen LogP contribution in [0.2, 0.25) is 0 Å². The summed E-state index contributed by atoms with van der Waals surface area (Å²) in [6.07, 6.45) is -4.42. The van der Waals surface area contributed by atoms with Crippen LogP contribution in [-0.4, -0.2) is 17.1 Å². The van der Waals surface area contributed by atoms with Crippen LogP contribution >= 0.6 is 0 Å². The summed E-state index contributed by atoms with van der Waals surface area (Å²) in [7, 11) is 0. The number of rotatable bonds is 3. The second kappa shape index (κ2) is 5.85. The van der Waals surface area contributed by atoms with Crippen molar-refractivity contribution in [1.82, 2.24) is 4.57 Å². The molecule has 1 aliphatic rings. The zero-order valence-electron chi connectivity index (χ0n) is 13.3. The third-order valence-corrected chi connectivity index (χ3v) is 4.13. The summed E-state index contributed by atoms with van der Waals surface area (Å²) in [4.78, 5) is 12.3. The molecule has 0 fully saturated rings. The lowest BCUT2D eigenvalue weighted by atomic mass is 9.98. The molecule has 126 valence electrons. The van der Waals surface area contributed by atoms with Crippen LogP contribution in [0.3, 0.4) is 0 Å². The van der Waals surface area contributed by atoms with Crippen LogP contribution in [0.1, 0.15) is 29.4 Å². The molecular weight excluding hydrogens is 319 g/mol. The Bertz CT molecular complexity index is 817. The van der Waals surface area contributed by atoms with Crippen LogP contribution in [0.25, 0.3) is 5.57 Å². The zero-order valence-corrected chi connectivity index (χ0v) is 13.3. The van der Waals surface area contributed by atoms with Crippen LogP contribution in [-0.2, 0) is 22.3 Å². The number of alkyl halides is 3. The van der Waals surface area contributed by atoms with Crippen molar-refractivity contribution in [2.45, 2.75) is 26.6 Å². The van der Waals surface area contributed by atoms with E-state index in [0.29, 0.717) is 22.4 Å². The summed E-state index contributed by atoms with van der Waals surface area (Å²) in [5.41, 5.74) is 1.42. The van der Waals surface area contributed by atoms with Crippen LogP contribution in [0.4, 0.5) is 13.2 Å². The molecule has 2 heterocycles. The Hall–Kier alpha value is -2.50. The highest BCUT2D eigenvalue weighted by molar-refractivity contribution is 6.03. The fourth-order valence-corrected chi connectivity index (χ4v) is 3.05. The molecule has 0 N–H and O–H groups in total. The van der Waals surface area contributed by atoms with Crippen molar-refractivity contribution >= 4 is 11.5 Å². The average molecular weight is 335 g/mol. The molecule has 0 atom stereocenters. The van der Waals surface area contributed by atoms with E-state index in [9.17, 15) is 18.0 Å². The van der Waals surface area contributed by atoms with Crippen LogP contribution in [0.5, 0.6) is 0 Å². The Morgan fingerprint density at radius 2 is 1.92 bits per heavy atom. The second-order valence-corrected chi connectivity index (χ2v) is 5.55. The largest absolute Gasteiger partial charge is 0.463 e. The molecule has 0 aliphatic carbocycles. The number of hydrogen-bond donors (Lipinski definition) is 0. The lowest BCUT2D eigenvalue weighted by Crippen LogP contribution is -2.13. The average Bonchev–Trinajstić information content (AvgIpc) is 3.05. The Balaban J connectivity index is 2.20. The Kier molecular flexibility index (Phi) is 3.99. The van der Waals surface area contributed by atoms with E-state index in [-0.39, 0.29) is 18.8 Å². The number of aromatic nitrogens is 1. The molecular formula is C18H16F3NO2. The third kappa shape index (κ3) is 2.62. The summed E-state index contributed by atoms with van der Waals surface area (Å²) < 4.78 is 46.2. The molecule has 0 unspecified atom stereocenters. The van der Waals surface area contributed by atoms with E-state index < -0.39 is 17.7 Å². The van der Waals surface area contributed by atoms with E-state index in [1.807, 2.05) is 6.07 Å². The molecule has 24 heavy (non-hydrogen) atoms. The van der Waals surface area contributed by atoms with E-state index in [1.165, 1.54) is 11.5 Å². The van der Waals surface area contributed by atoms with Crippen LogP contribution < -0.4 is 0 Å². The molecule has 1 aromatic carbocycles. The number of fused-ring (bicyclic) bond motifs is 1. The fourth-order valence-electron chi connectivity index (χ4n) is 3.05. The molecule has 0 saturated carbocycles. The van der Waals surface area contributed by atoms with Crippen molar-refractivity contribution < 1.29 is 22.7 Å². The fraction of sp³-hybridized carbons (Fsp3) is 0.278. The van der Waals surface area contributed by atoms with Gasteiger partial charge in [-0.1, -0.05) is 30.3 Å². The van der Waals surface area contributed by atoms with Gasteiger partial charge in [-0.05, 0) is 25.5 Å². The zero-order chi connectivity index (χ0) is 17.5. The number of esters is 1. The maximum absolute atomic E-state index is 13.2. The van der Waals surface area contributed by atoms with Crippen LogP contribution in [0, 0.1) is 6.92 Å². The number of nitrogens with zero attached hydrogens (tertiary/aromatic N) is 1. The van der Waals surface area contributed by atoms with Gasteiger partial charge >= 0.3 is 12.1 Å². The van der Waals surface area contributed by atoms with E-state index in [2.05, 4.69) is 0 Å². The first-order valence-electron chi connectivity index (χ1n) is 7.58. The van der Waals surface area contributed by atoms with Gasteiger partial charge in [0.2, 0.25) is 0 Å². The normalized spacial score (nSPS) is 14.0. The van der Waals surface area contributed by atoms with Gasteiger partial charge in [-0.3, -0.25) is 0 Å². The second-order valence-electron chi connectivity index (χ2n) is 5.55. The van der Waals surface area contributed by atoms with Gasteiger partial charge in [-0.15, -0.1) is 0 Å². The smallest absolute Gasteiger partial charge is 0.418 e. The van der Waals surface area contributed by atoms with E-state index in [4.69, 9.17) is 4.74 Å². The van der Waals surface area contributed by atoms with Gasteiger partial charge in [0.1, 0.15) is 0 Å². The van der Waals surface area contributed by atoms with Gasteiger partial charge in [0.15, 0.2) is 0 Å². The van der Waals surface area contributed by atoms with Crippen molar-refractivity contribution in [3.63, 3.8) is 0 Å². The van der Waals surface area contributed by atoms with Crippen molar-refractivity contribution in [2.24, 2.45) is 0 Å². The Labute approximate surface area is 137 Å². The minimum atomic E-state index is -4.42. The van der Waals surface area contributed by atoms with Crippen LogP contribution in [0.15, 0.2) is 42.0 Å². The lowest BCUT2D eigenvalue weighted by Gasteiger charge is -2.09. The lowest BCUT2D eigenvalue weighted by molar-refractivity contribution is -0.138. The van der Waals surface area contributed by atoms with Gasteiger partial charge in [0.05, 0.1) is 30.0 Å². The summed E-state index contributed by atoms with van der Waals surface area (Å²) in [5.74, 6) is -0.493. The van der Waals surface area contributed by atoms with Gasteiger partial charge < -0.3 is 9.30 Å². The summed E-state index contributed by atoms with van der Waals surface area (Å²) in [6, 6.07) is 10.1. The standard InChI is InChI=1S/C18H16F3NO2/c1-3-24-17(23)13-10-22-11(2)14(18(19,20)21)9-15(22)16(13)12-7-5-4-6-8-12/h4-9H,3,10H2,1-2H3. The minimum absolute atomic E-state index is 0.0836. The molecule has 6 heteroatoms. The molecule has 0 saturated heterocycles. The maximum Gasteiger partial charge on any atom is 0.418 e. The van der Waals surface area contributed by atoms with E-state index in [1.54, 1.807) is 31.2 Å². The number of benzene rings is 1. The first kappa shape index (κ1) is 16.4. The highest BCUT2D eigenvalue weighted by Gasteiger charge is 2.39. The van der Waals surface area contributed by atoms with Gasteiger partial charge in [-0.25, -0.2) is 4.79 Å². The van der Waals surface area contributed by atoms with Crippen molar-refractivity contribution in [3.8, 4) is 0 Å². The monoisotopic (exact) mass is 335 g/mol. The van der Waals surface area contributed by atoms with Crippen molar-refractivity contribution in [1.29, 1.82) is 0 Å². The van der Waals surface area contributed by atoms with Gasteiger partial charge in [0, 0.05) is 11.3 Å². The quantitative estimate of drug-likeness (QED) is 0.788. The number of carbonyl (C=O) groups is 1. The predicted octanol–water partition coefficient (Wildman–Crippen LogP) is 4.19. The molecule has 2 aromatic rings. The number of carbonyl (C=O) groups excluding carboxylic acids is 1. The minimum Gasteiger partial charge on any atom is -0.463 e. The molecule has 0 bridgehead atoms. The molecule has 3 nitrogen and oxygen atoms in total. The van der Waals surface area contributed by atoms with E-state index in [0.717, 1.165) is 6.07 Å². The SMILES string of the molecule is CCOC(=O)C1=C(c2ccccc2)c2cc(C(F)(F)F)c(C)n2C1. The van der Waals surface area contributed by atoms with E-state index >= 15 is 0 Å². The predicted molar refractivity (Wildman–Crippen MR) is 83.3 cm³/mol. The molecule has 0 amide bonds. The number of halogens is 3. The summed E-state index contributed by atoms with van der Waals surface area (Å²) in [6.45, 7) is 3.41. The third-order valence-electron chi connectivity index (χ3n) is 4.13. The van der Waals surface area contributed by atoms with Gasteiger partial charge in [-0.2, -0.15) is 13.2 Å². The Morgan fingerprint density at radius 3 is 2.50 bits per heavy atom. The Morgan fingerprint density at radius 1 is 1.25 bits per heavy atom. The summed E-state index contributed by atoms with van der Waals surface area (Å²) >= 11 is 0. The highest BCUT2D eigenvalue weighted by atomic mass is 19.4. The molecule has 3 rings (SSSR count). The maximum atomic E-state index is 13.2.